The molecule has 0 spiro atoms. The van der Waals surface area contributed by atoms with Crippen molar-refractivity contribution in [2.45, 2.75) is 38.8 Å². The normalized spacial score (nSPS) is 23.9. The number of pyridine rings is 1. The highest BCUT2D eigenvalue weighted by Gasteiger charge is 2.19. The van der Waals surface area contributed by atoms with Gasteiger partial charge in [0.15, 0.2) is 11.6 Å². The highest BCUT2D eigenvalue weighted by molar-refractivity contribution is 7.85. The van der Waals surface area contributed by atoms with Crippen LogP contribution in [0.2, 0.25) is 0 Å². The molecule has 2 heterocycles. The van der Waals surface area contributed by atoms with E-state index in [-0.39, 0.29) is 6.10 Å². The Labute approximate surface area is 111 Å². The van der Waals surface area contributed by atoms with Gasteiger partial charge in [0, 0.05) is 34.5 Å². The molecule has 0 unspecified atom stereocenters. The molecule has 2 rings (SSSR count). The lowest BCUT2D eigenvalue weighted by Crippen LogP contribution is -2.30. The molecular weight excluding hydrogens is 248 g/mol. The van der Waals surface area contributed by atoms with E-state index in [0.29, 0.717) is 6.04 Å². The minimum atomic E-state index is -0.625. The fraction of sp³-hybridized carbons (Fsp3) is 0.615. The molecule has 0 aromatic carbocycles. The van der Waals surface area contributed by atoms with Gasteiger partial charge < -0.3 is 10.1 Å². The van der Waals surface area contributed by atoms with E-state index in [1.165, 1.54) is 0 Å². The Bertz CT molecular complexity index is 413. The van der Waals surface area contributed by atoms with E-state index in [4.69, 9.17) is 4.74 Å². The van der Waals surface area contributed by atoms with Crippen LogP contribution in [0.4, 0.5) is 5.82 Å². The molecular formula is C13H20N2O2S. The van der Waals surface area contributed by atoms with Crippen LogP contribution in [-0.4, -0.2) is 32.8 Å². The molecule has 18 heavy (non-hydrogen) atoms. The van der Waals surface area contributed by atoms with Gasteiger partial charge in [-0.3, -0.25) is 4.21 Å². The number of nitrogens with one attached hydrogen (secondary N) is 1. The predicted octanol–water partition coefficient (Wildman–Crippen LogP) is 2.19. The summed E-state index contributed by atoms with van der Waals surface area (Å²) in [6, 6.07) is 4.15. The third-order valence-electron chi connectivity index (χ3n) is 2.86. The zero-order chi connectivity index (χ0) is 13.0. The molecule has 0 amide bonds. The summed E-state index contributed by atoms with van der Waals surface area (Å²) >= 11 is 0. The summed E-state index contributed by atoms with van der Waals surface area (Å²) in [5.41, 5.74) is 0. The first kappa shape index (κ1) is 13.3. The van der Waals surface area contributed by atoms with E-state index in [1.807, 2.05) is 26.0 Å². The molecule has 0 saturated carbocycles. The van der Waals surface area contributed by atoms with Crippen molar-refractivity contribution in [1.82, 2.24) is 4.98 Å². The lowest BCUT2D eigenvalue weighted by Gasteiger charge is -2.24. The maximum Gasteiger partial charge on any atom is 0.168 e. The monoisotopic (exact) mass is 268 g/mol. The van der Waals surface area contributed by atoms with Gasteiger partial charge in [0.25, 0.3) is 0 Å². The van der Waals surface area contributed by atoms with E-state index < -0.39 is 10.8 Å². The molecule has 1 aromatic rings. The van der Waals surface area contributed by atoms with Crippen LogP contribution in [0, 0.1) is 0 Å². The third kappa shape index (κ3) is 3.70. The standard InChI is InChI=1S/C13H20N2O2S/c1-10(2)17-12-4-3-7-14-13(12)15-11-5-8-18(16)9-6-11/h3-4,7,10-11H,5-6,8-9H2,1-2H3,(H,14,15). The predicted molar refractivity (Wildman–Crippen MR) is 74.5 cm³/mol. The SMILES string of the molecule is CC(C)Oc1cccnc1NC1CCS(=O)CC1. The largest absolute Gasteiger partial charge is 0.487 e. The highest BCUT2D eigenvalue weighted by Crippen LogP contribution is 2.24. The molecule has 0 atom stereocenters. The highest BCUT2D eigenvalue weighted by atomic mass is 32.2. The number of ether oxygens (including phenoxy) is 1. The number of rotatable bonds is 4. The van der Waals surface area contributed by atoms with Gasteiger partial charge in [-0.05, 0) is 38.8 Å². The maximum absolute atomic E-state index is 11.3. The summed E-state index contributed by atoms with van der Waals surface area (Å²) in [5.74, 6) is 3.15. The van der Waals surface area contributed by atoms with Crippen molar-refractivity contribution in [3.05, 3.63) is 18.3 Å². The molecule has 1 saturated heterocycles. The van der Waals surface area contributed by atoms with Crippen LogP contribution in [0.3, 0.4) is 0 Å². The van der Waals surface area contributed by atoms with Crippen LogP contribution in [0.25, 0.3) is 0 Å². The Hall–Kier alpha value is -1.10. The molecule has 5 heteroatoms. The number of anilines is 1. The Kier molecular flexibility index (Phi) is 4.58. The van der Waals surface area contributed by atoms with E-state index in [1.54, 1.807) is 6.20 Å². The Morgan fingerprint density at radius 2 is 2.17 bits per heavy atom. The van der Waals surface area contributed by atoms with E-state index in [9.17, 15) is 4.21 Å². The first-order valence-corrected chi connectivity index (χ1v) is 7.87. The summed E-state index contributed by atoms with van der Waals surface area (Å²) in [6.07, 6.45) is 3.76. The Morgan fingerprint density at radius 3 is 2.83 bits per heavy atom. The third-order valence-corrected chi connectivity index (χ3v) is 4.24. The Balaban J connectivity index is 2.02. The van der Waals surface area contributed by atoms with E-state index >= 15 is 0 Å². The van der Waals surface area contributed by atoms with Gasteiger partial charge in [0.05, 0.1) is 6.10 Å². The van der Waals surface area contributed by atoms with Gasteiger partial charge in [-0.15, -0.1) is 0 Å². The lowest BCUT2D eigenvalue weighted by atomic mass is 10.1. The van der Waals surface area contributed by atoms with Crippen LogP contribution >= 0.6 is 0 Å². The second kappa shape index (κ2) is 6.18. The number of aromatic nitrogens is 1. The first-order chi connectivity index (χ1) is 8.65. The van der Waals surface area contributed by atoms with Crippen molar-refractivity contribution in [3.8, 4) is 5.75 Å². The summed E-state index contributed by atoms with van der Waals surface area (Å²) in [5, 5.41) is 3.40. The number of hydrogen-bond donors (Lipinski definition) is 1. The van der Waals surface area contributed by atoms with Crippen molar-refractivity contribution in [3.63, 3.8) is 0 Å². The van der Waals surface area contributed by atoms with Gasteiger partial charge in [-0.25, -0.2) is 4.98 Å². The maximum atomic E-state index is 11.3. The van der Waals surface area contributed by atoms with Gasteiger partial charge in [0.1, 0.15) is 0 Å². The molecule has 1 aliphatic heterocycles. The van der Waals surface area contributed by atoms with Crippen molar-refractivity contribution < 1.29 is 8.95 Å². The number of nitrogens with zero attached hydrogens (tertiary/aromatic N) is 1. The topological polar surface area (TPSA) is 51.2 Å². The average molecular weight is 268 g/mol. The zero-order valence-corrected chi connectivity index (χ0v) is 11.7. The fourth-order valence-corrected chi connectivity index (χ4v) is 3.28. The first-order valence-electron chi connectivity index (χ1n) is 6.38. The molecule has 0 bridgehead atoms. The van der Waals surface area contributed by atoms with Gasteiger partial charge in [0.2, 0.25) is 0 Å². The van der Waals surface area contributed by atoms with Crippen LogP contribution in [0.15, 0.2) is 18.3 Å². The quantitative estimate of drug-likeness (QED) is 0.909. The van der Waals surface area contributed by atoms with Crippen LogP contribution in [-0.2, 0) is 10.8 Å². The molecule has 0 radical (unpaired) electrons. The van der Waals surface area contributed by atoms with Crippen molar-refractivity contribution in [1.29, 1.82) is 0 Å². The molecule has 4 nitrogen and oxygen atoms in total. The van der Waals surface area contributed by atoms with Crippen molar-refractivity contribution in [2.24, 2.45) is 0 Å². The summed E-state index contributed by atoms with van der Waals surface area (Å²) < 4.78 is 17.0. The number of hydrogen-bond acceptors (Lipinski definition) is 4. The van der Waals surface area contributed by atoms with Gasteiger partial charge >= 0.3 is 0 Å². The minimum Gasteiger partial charge on any atom is -0.487 e. The lowest BCUT2D eigenvalue weighted by molar-refractivity contribution is 0.242. The molecule has 0 aliphatic carbocycles. The van der Waals surface area contributed by atoms with E-state index in [2.05, 4.69) is 10.3 Å². The van der Waals surface area contributed by atoms with Gasteiger partial charge in [-0.2, -0.15) is 0 Å². The zero-order valence-electron chi connectivity index (χ0n) is 10.9. The molecule has 1 aromatic heterocycles. The summed E-state index contributed by atoms with van der Waals surface area (Å²) in [7, 11) is -0.625. The summed E-state index contributed by atoms with van der Waals surface area (Å²) in [6.45, 7) is 4.00. The van der Waals surface area contributed by atoms with Crippen LogP contribution in [0.1, 0.15) is 26.7 Å². The molecule has 1 N–H and O–H groups in total. The second-order valence-electron chi connectivity index (χ2n) is 4.78. The summed E-state index contributed by atoms with van der Waals surface area (Å²) in [4.78, 5) is 4.33. The average Bonchev–Trinajstić information content (AvgIpc) is 2.34. The van der Waals surface area contributed by atoms with Crippen LogP contribution in [0.5, 0.6) is 5.75 Å². The minimum absolute atomic E-state index is 0.133. The Morgan fingerprint density at radius 1 is 1.44 bits per heavy atom. The van der Waals surface area contributed by atoms with Crippen molar-refractivity contribution in [2.75, 3.05) is 16.8 Å². The van der Waals surface area contributed by atoms with Crippen molar-refractivity contribution >= 4 is 16.6 Å². The molecule has 100 valence electrons. The second-order valence-corrected chi connectivity index (χ2v) is 6.48. The van der Waals surface area contributed by atoms with Crippen LogP contribution < -0.4 is 10.1 Å². The van der Waals surface area contributed by atoms with Gasteiger partial charge in [-0.1, -0.05) is 0 Å². The fourth-order valence-electron chi connectivity index (χ4n) is 1.98. The molecule has 1 fully saturated rings. The smallest absolute Gasteiger partial charge is 0.168 e. The molecule has 1 aliphatic rings. The van der Waals surface area contributed by atoms with E-state index in [0.717, 1.165) is 35.9 Å².